The predicted octanol–water partition coefficient (Wildman–Crippen LogP) is 2.93. The molecule has 0 bridgehead atoms. The Labute approximate surface area is 127 Å². The first-order chi connectivity index (χ1) is 9.88. The summed E-state index contributed by atoms with van der Waals surface area (Å²) < 4.78 is 13.9. The van der Waals surface area contributed by atoms with Gasteiger partial charge in [0.15, 0.2) is 0 Å². The van der Waals surface area contributed by atoms with Gasteiger partial charge < -0.3 is 9.80 Å². The van der Waals surface area contributed by atoms with Crippen LogP contribution in [0.3, 0.4) is 0 Å². The molecular formula is C15H18FN3OS. The standard InChI is InChI=1S/C15H18FN3OS/c1-10-17-8-12(21-10)9-19(4)15(20)11-5-6-14(18(2)3)13(16)7-11/h5-8H,9H2,1-4H3. The van der Waals surface area contributed by atoms with Crippen molar-refractivity contribution in [2.24, 2.45) is 0 Å². The van der Waals surface area contributed by atoms with Crippen molar-refractivity contribution in [3.63, 3.8) is 0 Å². The molecular weight excluding hydrogens is 289 g/mol. The molecule has 21 heavy (non-hydrogen) atoms. The lowest BCUT2D eigenvalue weighted by molar-refractivity contribution is 0.0786. The summed E-state index contributed by atoms with van der Waals surface area (Å²) in [5.41, 5.74) is 0.814. The molecule has 6 heteroatoms. The first kappa shape index (κ1) is 15.4. The van der Waals surface area contributed by atoms with Gasteiger partial charge in [0.25, 0.3) is 5.91 Å². The van der Waals surface area contributed by atoms with E-state index in [-0.39, 0.29) is 5.91 Å². The monoisotopic (exact) mass is 307 g/mol. The minimum absolute atomic E-state index is 0.203. The van der Waals surface area contributed by atoms with Crippen molar-refractivity contribution in [3.8, 4) is 0 Å². The number of anilines is 1. The quantitative estimate of drug-likeness (QED) is 0.871. The Hall–Kier alpha value is -1.95. The van der Waals surface area contributed by atoms with Gasteiger partial charge in [-0.15, -0.1) is 11.3 Å². The van der Waals surface area contributed by atoms with Gasteiger partial charge in [0.05, 0.1) is 17.2 Å². The number of halogens is 1. The van der Waals surface area contributed by atoms with Crippen LogP contribution in [-0.2, 0) is 6.54 Å². The zero-order valence-corrected chi connectivity index (χ0v) is 13.4. The first-order valence-electron chi connectivity index (χ1n) is 6.52. The van der Waals surface area contributed by atoms with E-state index in [1.807, 2.05) is 6.92 Å². The van der Waals surface area contributed by atoms with Gasteiger partial charge in [-0.2, -0.15) is 0 Å². The number of aryl methyl sites for hydroxylation is 1. The number of rotatable bonds is 4. The van der Waals surface area contributed by atoms with E-state index in [1.54, 1.807) is 60.6 Å². The SMILES string of the molecule is Cc1ncc(CN(C)C(=O)c2ccc(N(C)C)c(F)c2)s1. The largest absolute Gasteiger partial charge is 0.375 e. The summed E-state index contributed by atoms with van der Waals surface area (Å²) in [6, 6.07) is 4.55. The number of carbonyl (C=O) groups excluding carboxylic acids is 1. The molecule has 0 saturated heterocycles. The molecule has 0 atom stereocenters. The van der Waals surface area contributed by atoms with E-state index in [2.05, 4.69) is 4.98 Å². The molecule has 2 rings (SSSR count). The average molecular weight is 307 g/mol. The van der Waals surface area contributed by atoms with Crippen LogP contribution in [0.2, 0.25) is 0 Å². The van der Waals surface area contributed by atoms with E-state index >= 15 is 0 Å². The van der Waals surface area contributed by atoms with E-state index < -0.39 is 5.82 Å². The van der Waals surface area contributed by atoms with Crippen LogP contribution in [0.5, 0.6) is 0 Å². The molecule has 0 fully saturated rings. The third-order valence-electron chi connectivity index (χ3n) is 3.09. The number of aromatic nitrogens is 1. The number of carbonyl (C=O) groups is 1. The van der Waals surface area contributed by atoms with Crippen molar-refractivity contribution in [2.45, 2.75) is 13.5 Å². The number of hydrogen-bond acceptors (Lipinski definition) is 4. The van der Waals surface area contributed by atoms with Gasteiger partial charge in [-0.1, -0.05) is 0 Å². The average Bonchev–Trinajstić information content (AvgIpc) is 2.82. The summed E-state index contributed by atoms with van der Waals surface area (Å²) in [5.74, 6) is -0.599. The zero-order chi connectivity index (χ0) is 15.6. The molecule has 112 valence electrons. The maximum Gasteiger partial charge on any atom is 0.254 e. The summed E-state index contributed by atoms with van der Waals surface area (Å²) in [6.45, 7) is 2.40. The summed E-state index contributed by atoms with van der Waals surface area (Å²) in [7, 11) is 5.23. The molecule has 0 N–H and O–H groups in total. The maximum absolute atomic E-state index is 13.9. The second-order valence-corrected chi connectivity index (χ2v) is 6.39. The summed E-state index contributed by atoms with van der Waals surface area (Å²) in [5, 5.41) is 0.965. The van der Waals surface area contributed by atoms with Crippen LogP contribution < -0.4 is 4.90 Å². The van der Waals surface area contributed by atoms with Gasteiger partial charge >= 0.3 is 0 Å². The molecule has 0 aliphatic rings. The van der Waals surface area contributed by atoms with Gasteiger partial charge in [0, 0.05) is 37.8 Å². The number of nitrogens with zero attached hydrogens (tertiary/aromatic N) is 3. The van der Waals surface area contributed by atoms with Crippen LogP contribution in [0.15, 0.2) is 24.4 Å². The number of amides is 1. The van der Waals surface area contributed by atoms with E-state index in [0.717, 1.165) is 9.88 Å². The second-order valence-electron chi connectivity index (χ2n) is 5.07. The Morgan fingerprint density at radius 2 is 2.05 bits per heavy atom. The van der Waals surface area contributed by atoms with Crippen molar-refractivity contribution >= 4 is 22.9 Å². The molecule has 0 aliphatic heterocycles. The fourth-order valence-corrected chi connectivity index (χ4v) is 2.86. The Balaban J connectivity index is 2.14. The van der Waals surface area contributed by atoms with Crippen LogP contribution in [0.1, 0.15) is 20.2 Å². The minimum atomic E-state index is -0.395. The number of hydrogen-bond donors (Lipinski definition) is 0. The molecule has 0 radical (unpaired) electrons. The van der Waals surface area contributed by atoms with Crippen molar-refractivity contribution in [2.75, 3.05) is 26.0 Å². The molecule has 0 aliphatic carbocycles. The maximum atomic E-state index is 13.9. The van der Waals surface area contributed by atoms with Crippen LogP contribution in [-0.4, -0.2) is 36.9 Å². The topological polar surface area (TPSA) is 36.4 Å². The lowest BCUT2D eigenvalue weighted by atomic mass is 10.1. The molecule has 1 heterocycles. The molecule has 2 aromatic rings. The highest BCUT2D eigenvalue weighted by Gasteiger charge is 2.15. The van der Waals surface area contributed by atoms with Crippen LogP contribution in [0.4, 0.5) is 10.1 Å². The minimum Gasteiger partial charge on any atom is -0.375 e. The highest BCUT2D eigenvalue weighted by atomic mass is 32.1. The normalized spacial score (nSPS) is 10.5. The first-order valence-corrected chi connectivity index (χ1v) is 7.34. The van der Waals surface area contributed by atoms with E-state index in [4.69, 9.17) is 0 Å². The fraction of sp³-hybridized carbons (Fsp3) is 0.333. The Kier molecular flexibility index (Phi) is 4.57. The lowest BCUT2D eigenvalue weighted by Crippen LogP contribution is -2.26. The van der Waals surface area contributed by atoms with Crippen LogP contribution in [0, 0.1) is 12.7 Å². The smallest absolute Gasteiger partial charge is 0.254 e. The molecule has 1 aromatic carbocycles. The predicted molar refractivity (Wildman–Crippen MR) is 83.4 cm³/mol. The third kappa shape index (κ3) is 3.58. The van der Waals surface area contributed by atoms with Crippen LogP contribution in [0.25, 0.3) is 0 Å². The lowest BCUT2D eigenvalue weighted by Gasteiger charge is -2.18. The van der Waals surface area contributed by atoms with Gasteiger partial charge in [0.2, 0.25) is 0 Å². The van der Waals surface area contributed by atoms with Crippen molar-refractivity contribution in [3.05, 3.63) is 45.7 Å². The Bertz CT molecular complexity index is 654. The fourth-order valence-electron chi connectivity index (χ4n) is 2.01. The van der Waals surface area contributed by atoms with Gasteiger partial charge in [-0.3, -0.25) is 4.79 Å². The molecule has 4 nitrogen and oxygen atoms in total. The van der Waals surface area contributed by atoms with E-state index in [1.165, 1.54) is 6.07 Å². The van der Waals surface area contributed by atoms with Gasteiger partial charge in [-0.25, -0.2) is 9.37 Å². The Morgan fingerprint density at radius 3 is 2.57 bits per heavy atom. The Morgan fingerprint density at radius 1 is 1.33 bits per heavy atom. The molecule has 0 unspecified atom stereocenters. The van der Waals surface area contributed by atoms with Crippen molar-refractivity contribution in [1.82, 2.24) is 9.88 Å². The summed E-state index contributed by atoms with van der Waals surface area (Å²) >= 11 is 1.55. The third-order valence-corrected chi connectivity index (χ3v) is 3.98. The van der Waals surface area contributed by atoms with Crippen molar-refractivity contribution < 1.29 is 9.18 Å². The highest BCUT2D eigenvalue weighted by molar-refractivity contribution is 7.11. The molecule has 1 amide bonds. The molecule has 0 spiro atoms. The molecule has 0 saturated carbocycles. The van der Waals surface area contributed by atoms with Gasteiger partial charge in [0.1, 0.15) is 5.82 Å². The van der Waals surface area contributed by atoms with Crippen LogP contribution >= 0.6 is 11.3 Å². The summed E-state index contributed by atoms with van der Waals surface area (Å²) in [6.07, 6.45) is 1.76. The zero-order valence-electron chi connectivity index (χ0n) is 12.6. The van der Waals surface area contributed by atoms with E-state index in [9.17, 15) is 9.18 Å². The summed E-state index contributed by atoms with van der Waals surface area (Å²) in [4.78, 5) is 20.7. The highest BCUT2D eigenvalue weighted by Crippen LogP contribution is 2.20. The molecule has 1 aromatic heterocycles. The second kappa shape index (κ2) is 6.22. The van der Waals surface area contributed by atoms with E-state index in [0.29, 0.717) is 17.8 Å². The van der Waals surface area contributed by atoms with Gasteiger partial charge in [-0.05, 0) is 25.1 Å². The van der Waals surface area contributed by atoms with Crippen molar-refractivity contribution in [1.29, 1.82) is 0 Å². The number of benzene rings is 1. The number of thiazole rings is 1.